The molecule has 1 aromatic carbocycles. The van der Waals surface area contributed by atoms with Crippen molar-refractivity contribution < 1.29 is 4.79 Å². The summed E-state index contributed by atoms with van der Waals surface area (Å²) in [4.78, 5) is 18.8. The van der Waals surface area contributed by atoms with Crippen LogP contribution in [0.3, 0.4) is 0 Å². The Morgan fingerprint density at radius 1 is 1.31 bits per heavy atom. The van der Waals surface area contributed by atoms with Gasteiger partial charge in [0.1, 0.15) is 0 Å². The number of hydrogen-bond acceptors (Lipinski definition) is 4. The van der Waals surface area contributed by atoms with Crippen molar-refractivity contribution in [2.45, 2.75) is 19.3 Å². The van der Waals surface area contributed by atoms with Crippen LogP contribution in [-0.4, -0.2) is 33.8 Å². The summed E-state index contributed by atoms with van der Waals surface area (Å²) >= 11 is 0. The van der Waals surface area contributed by atoms with E-state index in [1.165, 1.54) is 5.56 Å². The van der Waals surface area contributed by atoms with Gasteiger partial charge in [0.25, 0.3) is 0 Å². The molecule has 0 spiro atoms. The number of amides is 1. The monoisotopic (exact) mass is 349 g/mol. The molecule has 0 unspecified atom stereocenters. The minimum absolute atomic E-state index is 0.0544. The van der Waals surface area contributed by atoms with Gasteiger partial charge in [-0.15, -0.1) is 0 Å². The molecule has 0 radical (unpaired) electrons. The summed E-state index contributed by atoms with van der Waals surface area (Å²) in [5, 5.41) is 5.39. The number of benzene rings is 1. The summed E-state index contributed by atoms with van der Waals surface area (Å²) in [5.41, 5.74) is 10.2. The zero-order valence-electron chi connectivity index (χ0n) is 15.1. The number of fused-ring (bicyclic) bond motifs is 1. The molecule has 1 aliphatic rings. The molecular formula is C20H23N5O. The van der Waals surface area contributed by atoms with Crippen LogP contribution in [0.25, 0.3) is 10.9 Å². The highest BCUT2D eigenvalue weighted by molar-refractivity contribution is 5.93. The molecule has 1 fully saturated rings. The van der Waals surface area contributed by atoms with E-state index in [1.807, 2.05) is 31.7 Å². The van der Waals surface area contributed by atoms with Crippen LogP contribution in [-0.2, 0) is 18.3 Å². The lowest BCUT2D eigenvalue weighted by Crippen LogP contribution is -2.29. The van der Waals surface area contributed by atoms with Crippen LogP contribution in [0, 0.1) is 5.92 Å². The van der Waals surface area contributed by atoms with Gasteiger partial charge in [-0.1, -0.05) is 13.0 Å². The van der Waals surface area contributed by atoms with Crippen LogP contribution < -0.4 is 10.6 Å². The van der Waals surface area contributed by atoms with Gasteiger partial charge in [-0.2, -0.15) is 5.10 Å². The predicted molar refractivity (Wildman–Crippen MR) is 102 cm³/mol. The van der Waals surface area contributed by atoms with Gasteiger partial charge in [0.15, 0.2) is 0 Å². The molecule has 2 atom stereocenters. The lowest BCUT2D eigenvalue weighted by molar-refractivity contribution is -0.121. The van der Waals surface area contributed by atoms with Crippen molar-refractivity contribution in [1.29, 1.82) is 0 Å². The Kier molecular flexibility index (Phi) is 4.11. The number of rotatable bonds is 4. The molecule has 1 amide bonds. The van der Waals surface area contributed by atoms with Gasteiger partial charge in [0.2, 0.25) is 5.91 Å². The largest absolute Gasteiger partial charge is 0.369 e. The van der Waals surface area contributed by atoms with Crippen LogP contribution in [0.5, 0.6) is 0 Å². The minimum Gasteiger partial charge on any atom is -0.369 e. The van der Waals surface area contributed by atoms with E-state index >= 15 is 0 Å². The maximum absolute atomic E-state index is 12.1. The number of carbonyl (C=O) groups is 1. The fourth-order valence-electron chi connectivity index (χ4n) is 3.93. The van der Waals surface area contributed by atoms with E-state index in [2.05, 4.69) is 40.1 Å². The zero-order chi connectivity index (χ0) is 18.3. The lowest BCUT2D eigenvalue weighted by atomic mass is 9.90. The Bertz CT molecular complexity index is 964. The second-order valence-electron chi connectivity index (χ2n) is 7.00. The van der Waals surface area contributed by atoms with Crippen molar-refractivity contribution in [1.82, 2.24) is 14.8 Å². The van der Waals surface area contributed by atoms with Crippen molar-refractivity contribution >= 4 is 22.5 Å². The van der Waals surface area contributed by atoms with Gasteiger partial charge in [-0.05, 0) is 35.7 Å². The summed E-state index contributed by atoms with van der Waals surface area (Å²) in [6, 6.07) is 8.42. The molecule has 4 rings (SSSR count). The quantitative estimate of drug-likeness (QED) is 0.784. The number of nitrogens with two attached hydrogens (primary N) is 1. The van der Waals surface area contributed by atoms with Gasteiger partial charge in [-0.25, -0.2) is 0 Å². The molecule has 2 aromatic heterocycles. The number of aryl methyl sites for hydroxylation is 2. The lowest BCUT2D eigenvalue weighted by Gasteiger charge is -2.20. The number of hydrogen-bond donors (Lipinski definition) is 1. The van der Waals surface area contributed by atoms with Crippen LogP contribution in [0.1, 0.15) is 24.0 Å². The maximum Gasteiger partial charge on any atom is 0.223 e. The predicted octanol–water partition coefficient (Wildman–Crippen LogP) is 2.24. The number of nitrogens with zero attached hydrogens (tertiary/aromatic N) is 4. The third-order valence-corrected chi connectivity index (χ3v) is 5.37. The van der Waals surface area contributed by atoms with Crippen molar-refractivity contribution in [3.63, 3.8) is 0 Å². The summed E-state index contributed by atoms with van der Waals surface area (Å²) in [6.07, 6.45) is 6.63. The Morgan fingerprint density at radius 2 is 2.15 bits per heavy atom. The fraction of sp³-hybridized carbons (Fsp3) is 0.350. The topological polar surface area (TPSA) is 77.0 Å². The first-order chi connectivity index (χ1) is 12.6. The molecule has 3 aromatic rings. The van der Waals surface area contributed by atoms with E-state index in [0.717, 1.165) is 35.1 Å². The van der Waals surface area contributed by atoms with E-state index in [1.54, 1.807) is 4.68 Å². The molecule has 134 valence electrons. The van der Waals surface area contributed by atoms with Crippen molar-refractivity contribution in [3.8, 4) is 0 Å². The number of primary amides is 1. The van der Waals surface area contributed by atoms with Crippen molar-refractivity contribution in [3.05, 3.63) is 54.0 Å². The number of aromatic nitrogens is 3. The second-order valence-corrected chi connectivity index (χ2v) is 7.00. The maximum atomic E-state index is 12.1. The summed E-state index contributed by atoms with van der Waals surface area (Å²) in [5.74, 6) is -0.426. The SMILES string of the molecule is CCc1ccc2nccc(N3C[C@H](C(N)=O)[C@@H](c4cnn(C)c4)C3)c2c1. The average Bonchev–Trinajstić information content (AvgIpc) is 3.27. The Morgan fingerprint density at radius 3 is 2.85 bits per heavy atom. The molecule has 26 heavy (non-hydrogen) atoms. The summed E-state index contributed by atoms with van der Waals surface area (Å²) in [6.45, 7) is 3.51. The van der Waals surface area contributed by atoms with Gasteiger partial charge >= 0.3 is 0 Å². The number of carbonyl (C=O) groups excluding carboxylic acids is 1. The molecule has 1 saturated heterocycles. The second kappa shape index (κ2) is 6.44. The van der Waals surface area contributed by atoms with Crippen LogP contribution >= 0.6 is 0 Å². The first-order valence-corrected chi connectivity index (χ1v) is 8.97. The summed E-state index contributed by atoms with van der Waals surface area (Å²) < 4.78 is 1.77. The molecule has 2 N–H and O–H groups in total. The Hall–Kier alpha value is -2.89. The Labute approximate surface area is 152 Å². The smallest absolute Gasteiger partial charge is 0.223 e. The van der Waals surface area contributed by atoms with Crippen LogP contribution in [0.2, 0.25) is 0 Å². The Balaban J connectivity index is 1.74. The molecule has 6 heteroatoms. The average molecular weight is 349 g/mol. The highest BCUT2D eigenvalue weighted by Crippen LogP contribution is 2.37. The third-order valence-electron chi connectivity index (χ3n) is 5.37. The van der Waals surface area contributed by atoms with Gasteiger partial charge in [0, 0.05) is 49.5 Å². The normalized spacial score (nSPS) is 20.0. The zero-order valence-corrected chi connectivity index (χ0v) is 15.1. The van der Waals surface area contributed by atoms with Crippen molar-refractivity contribution in [2.75, 3.05) is 18.0 Å². The standard InChI is InChI=1S/C20H23N5O/c1-3-13-4-5-18-15(8-13)19(6-7-22-18)25-11-16(17(12-25)20(21)26)14-9-23-24(2)10-14/h4-10,16-17H,3,11-12H2,1-2H3,(H2,21,26)/t16-,17+/m1/s1. The van der Waals surface area contributed by atoms with E-state index in [4.69, 9.17) is 5.73 Å². The first kappa shape index (κ1) is 16.6. The van der Waals surface area contributed by atoms with E-state index < -0.39 is 0 Å². The van der Waals surface area contributed by atoms with Crippen LogP contribution in [0.4, 0.5) is 5.69 Å². The molecule has 0 bridgehead atoms. The molecule has 0 saturated carbocycles. The van der Waals surface area contributed by atoms with Crippen LogP contribution in [0.15, 0.2) is 42.9 Å². The van der Waals surface area contributed by atoms with Gasteiger partial charge < -0.3 is 10.6 Å². The third kappa shape index (κ3) is 2.81. The molecule has 3 heterocycles. The van der Waals surface area contributed by atoms with Gasteiger partial charge in [0.05, 0.1) is 17.6 Å². The summed E-state index contributed by atoms with van der Waals surface area (Å²) in [7, 11) is 1.89. The van der Waals surface area contributed by atoms with Gasteiger partial charge in [-0.3, -0.25) is 14.5 Å². The number of anilines is 1. The molecule has 0 aliphatic carbocycles. The highest BCUT2D eigenvalue weighted by atomic mass is 16.1. The van der Waals surface area contributed by atoms with E-state index in [0.29, 0.717) is 6.54 Å². The molecular weight excluding hydrogens is 326 g/mol. The first-order valence-electron chi connectivity index (χ1n) is 8.97. The minimum atomic E-state index is -0.256. The van der Waals surface area contributed by atoms with Crippen molar-refractivity contribution in [2.24, 2.45) is 18.7 Å². The molecule has 1 aliphatic heterocycles. The highest BCUT2D eigenvalue weighted by Gasteiger charge is 2.38. The van der Waals surface area contributed by atoms with E-state index in [-0.39, 0.29) is 17.7 Å². The van der Waals surface area contributed by atoms with E-state index in [9.17, 15) is 4.79 Å². The fourth-order valence-corrected chi connectivity index (χ4v) is 3.93. The molecule has 6 nitrogen and oxygen atoms in total. The number of pyridine rings is 1.